The molecule has 0 amide bonds. The molecule has 0 bridgehead atoms. The van der Waals surface area contributed by atoms with Crippen LogP contribution in [0.5, 0.6) is 0 Å². The second-order valence-corrected chi connectivity index (χ2v) is 6.01. The van der Waals surface area contributed by atoms with Crippen molar-refractivity contribution in [3.8, 4) is 0 Å². The SMILES string of the molecule is COC1O[C@]23C[C@]2(CO)O[C@@H](n2ccc(=O)[nH]c2=O)[C@]3(C)O1. The molecule has 2 N–H and O–H groups in total. The molecule has 22 heavy (non-hydrogen) atoms. The van der Waals surface area contributed by atoms with Crippen LogP contribution in [0.4, 0.5) is 0 Å². The highest BCUT2D eigenvalue weighted by molar-refractivity contribution is 5.35. The summed E-state index contributed by atoms with van der Waals surface area (Å²) in [5.41, 5.74) is -3.96. The number of nitrogens with zero attached hydrogens (tertiary/aromatic N) is 1. The summed E-state index contributed by atoms with van der Waals surface area (Å²) in [4.78, 5) is 25.5. The Morgan fingerprint density at radius 3 is 2.86 bits per heavy atom. The van der Waals surface area contributed by atoms with Gasteiger partial charge in [-0.3, -0.25) is 14.3 Å². The lowest BCUT2D eigenvalue weighted by Crippen LogP contribution is -2.47. The van der Waals surface area contributed by atoms with Gasteiger partial charge in [0, 0.05) is 25.8 Å². The summed E-state index contributed by atoms with van der Waals surface area (Å²) in [6.07, 6.45) is 0.934. The van der Waals surface area contributed by atoms with Crippen molar-refractivity contribution in [3.05, 3.63) is 33.1 Å². The van der Waals surface area contributed by atoms with Gasteiger partial charge in [-0.2, -0.15) is 0 Å². The lowest BCUT2D eigenvalue weighted by atomic mass is 9.94. The molecule has 0 radical (unpaired) electrons. The van der Waals surface area contributed by atoms with Gasteiger partial charge in [-0.25, -0.2) is 4.79 Å². The van der Waals surface area contributed by atoms with Gasteiger partial charge in [0.05, 0.1) is 6.61 Å². The molecule has 9 heteroatoms. The van der Waals surface area contributed by atoms with Gasteiger partial charge in [-0.15, -0.1) is 0 Å². The highest BCUT2D eigenvalue weighted by Crippen LogP contribution is 2.73. The van der Waals surface area contributed by atoms with E-state index in [1.54, 1.807) is 6.92 Å². The van der Waals surface area contributed by atoms with E-state index >= 15 is 0 Å². The molecule has 1 spiro atoms. The predicted octanol–water partition coefficient (Wildman–Crippen LogP) is -1.33. The Hall–Kier alpha value is -1.52. The van der Waals surface area contributed by atoms with Crippen LogP contribution < -0.4 is 11.2 Å². The summed E-state index contributed by atoms with van der Waals surface area (Å²) in [5, 5.41) is 9.71. The summed E-state index contributed by atoms with van der Waals surface area (Å²) in [7, 11) is 1.44. The molecule has 1 unspecified atom stereocenters. The van der Waals surface area contributed by atoms with E-state index in [4.69, 9.17) is 18.9 Å². The molecule has 2 aliphatic heterocycles. The maximum Gasteiger partial charge on any atom is 0.330 e. The van der Waals surface area contributed by atoms with Crippen molar-refractivity contribution in [2.24, 2.45) is 0 Å². The third-order valence-electron chi connectivity index (χ3n) is 4.95. The van der Waals surface area contributed by atoms with Crippen LogP contribution >= 0.6 is 0 Å². The van der Waals surface area contributed by atoms with Crippen molar-refractivity contribution in [2.75, 3.05) is 13.7 Å². The van der Waals surface area contributed by atoms with Gasteiger partial charge in [-0.1, -0.05) is 0 Å². The Bertz CT molecular complexity index is 744. The summed E-state index contributed by atoms with van der Waals surface area (Å²) in [6.45, 7) is 0.582. The maximum atomic E-state index is 12.1. The number of hydrogen-bond donors (Lipinski definition) is 2. The summed E-state index contributed by atoms with van der Waals surface area (Å²) in [6, 6.07) is 1.22. The monoisotopic (exact) mass is 312 g/mol. The molecule has 5 atom stereocenters. The topological polar surface area (TPSA) is 112 Å². The largest absolute Gasteiger partial charge is 0.393 e. The maximum absolute atomic E-state index is 12.1. The van der Waals surface area contributed by atoms with Gasteiger partial charge < -0.3 is 24.1 Å². The molecule has 1 saturated carbocycles. The standard InChI is InChI=1S/C13H16N2O7/c1-11-8(15-4-3-7(17)14-9(15)18)20-12(6-16)5-13(11,12)22-10(19-2)21-11/h3-4,8,10,16H,5-6H2,1-2H3,(H,14,17,18)/t8-,10?,11+,12-,13+/m1/s1. The predicted molar refractivity (Wildman–Crippen MR) is 70.0 cm³/mol. The zero-order chi connectivity index (χ0) is 15.8. The first kappa shape index (κ1) is 14.1. The van der Waals surface area contributed by atoms with Crippen molar-refractivity contribution < 1.29 is 24.1 Å². The van der Waals surface area contributed by atoms with Gasteiger partial charge >= 0.3 is 5.69 Å². The first-order valence-electron chi connectivity index (χ1n) is 6.90. The van der Waals surface area contributed by atoms with Gasteiger partial charge in [0.2, 0.25) is 0 Å². The van der Waals surface area contributed by atoms with E-state index in [0.717, 1.165) is 0 Å². The zero-order valence-corrected chi connectivity index (χ0v) is 12.1. The summed E-state index contributed by atoms with van der Waals surface area (Å²) >= 11 is 0. The van der Waals surface area contributed by atoms with Crippen LogP contribution in [0.25, 0.3) is 0 Å². The van der Waals surface area contributed by atoms with Gasteiger partial charge in [0.15, 0.2) is 6.23 Å². The van der Waals surface area contributed by atoms with E-state index in [2.05, 4.69) is 4.98 Å². The molecular formula is C13H16N2O7. The third-order valence-corrected chi connectivity index (χ3v) is 4.95. The van der Waals surface area contributed by atoms with Gasteiger partial charge in [-0.05, 0) is 6.92 Å². The van der Waals surface area contributed by atoms with Gasteiger partial charge in [0.25, 0.3) is 12.0 Å². The Morgan fingerprint density at radius 2 is 2.23 bits per heavy atom. The zero-order valence-electron chi connectivity index (χ0n) is 12.1. The minimum Gasteiger partial charge on any atom is -0.393 e. The van der Waals surface area contributed by atoms with Crippen LogP contribution in [0.15, 0.2) is 21.9 Å². The number of rotatable bonds is 3. The van der Waals surface area contributed by atoms with E-state index in [0.29, 0.717) is 6.42 Å². The molecule has 1 aromatic heterocycles. The molecule has 3 aliphatic rings. The second-order valence-electron chi connectivity index (χ2n) is 6.01. The summed E-state index contributed by atoms with van der Waals surface area (Å²) in [5.74, 6) is 0. The molecule has 2 saturated heterocycles. The number of aromatic amines is 1. The van der Waals surface area contributed by atoms with Crippen molar-refractivity contribution in [1.82, 2.24) is 9.55 Å². The molecular weight excluding hydrogens is 296 g/mol. The first-order chi connectivity index (χ1) is 10.4. The molecule has 3 fully saturated rings. The Morgan fingerprint density at radius 1 is 1.45 bits per heavy atom. The minimum atomic E-state index is -1.03. The molecule has 3 heterocycles. The van der Waals surface area contributed by atoms with Crippen molar-refractivity contribution >= 4 is 0 Å². The van der Waals surface area contributed by atoms with Crippen LogP contribution in [0.3, 0.4) is 0 Å². The molecule has 120 valence electrons. The number of aromatic nitrogens is 2. The Balaban J connectivity index is 1.82. The molecule has 1 aliphatic carbocycles. The van der Waals surface area contributed by atoms with Crippen molar-refractivity contribution in [3.63, 3.8) is 0 Å². The first-order valence-corrected chi connectivity index (χ1v) is 6.90. The molecule has 9 nitrogen and oxygen atoms in total. The van der Waals surface area contributed by atoms with E-state index in [9.17, 15) is 14.7 Å². The Kier molecular flexibility index (Phi) is 2.60. The second kappa shape index (κ2) is 4.06. The van der Waals surface area contributed by atoms with E-state index in [-0.39, 0.29) is 6.61 Å². The molecule has 0 aromatic carbocycles. The van der Waals surface area contributed by atoms with E-state index < -0.39 is 40.8 Å². The normalized spacial score (nSPS) is 45.6. The van der Waals surface area contributed by atoms with E-state index in [1.807, 2.05) is 0 Å². The number of H-pyrrole nitrogens is 1. The minimum absolute atomic E-state index is 0.267. The number of aliphatic hydroxyl groups is 1. The fourth-order valence-corrected chi connectivity index (χ4v) is 3.71. The van der Waals surface area contributed by atoms with E-state index in [1.165, 1.54) is 23.9 Å². The molecule has 4 rings (SSSR count). The number of nitrogens with one attached hydrogen (secondary N) is 1. The van der Waals surface area contributed by atoms with Gasteiger partial charge in [0.1, 0.15) is 16.8 Å². The third kappa shape index (κ3) is 1.40. The van der Waals surface area contributed by atoms with Crippen molar-refractivity contribution in [2.45, 2.75) is 42.9 Å². The summed E-state index contributed by atoms with van der Waals surface area (Å²) < 4.78 is 23.9. The highest BCUT2D eigenvalue weighted by Gasteiger charge is 2.89. The van der Waals surface area contributed by atoms with Crippen molar-refractivity contribution in [1.29, 1.82) is 0 Å². The fourth-order valence-electron chi connectivity index (χ4n) is 3.71. The number of methoxy groups -OCH3 is 1. The van der Waals surface area contributed by atoms with Crippen LogP contribution in [0.2, 0.25) is 0 Å². The number of aliphatic hydroxyl groups excluding tert-OH is 1. The lowest BCUT2D eigenvalue weighted by Gasteiger charge is -2.31. The average Bonchev–Trinajstić information content (AvgIpc) is 2.94. The Labute approximate surface area is 124 Å². The smallest absolute Gasteiger partial charge is 0.330 e. The van der Waals surface area contributed by atoms with Crippen LogP contribution in [-0.2, 0) is 18.9 Å². The van der Waals surface area contributed by atoms with Crippen LogP contribution in [0.1, 0.15) is 19.6 Å². The molecule has 1 aromatic rings. The average molecular weight is 312 g/mol. The highest BCUT2D eigenvalue weighted by atomic mass is 16.9. The van der Waals surface area contributed by atoms with Crippen LogP contribution in [-0.4, -0.2) is 51.7 Å². The number of hydrogen-bond acceptors (Lipinski definition) is 7. The lowest BCUT2D eigenvalue weighted by molar-refractivity contribution is -0.270. The number of ether oxygens (including phenoxy) is 4. The quantitative estimate of drug-likeness (QED) is 0.711. The van der Waals surface area contributed by atoms with Crippen LogP contribution in [0, 0.1) is 0 Å². The fraction of sp³-hybridized carbons (Fsp3) is 0.692.